The molecule has 2 aromatic rings. The van der Waals surface area contributed by atoms with Crippen LogP contribution in [0.2, 0.25) is 0 Å². The molecular formula is C25H35N3O3. The molecule has 1 heterocycles. The van der Waals surface area contributed by atoms with Gasteiger partial charge in [0.1, 0.15) is 0 Å². The number of likely N-dealkylation sites (tertiary alicyclic amines) is 1. The average Bonchev–Trinajstić information content (AvgIpc) is 3.31. The molecule has 0 unspecified atom stereocenters. The number of carbonyl (C=O) groups is 1. The lowest BCUT2D eigenvalue weighted by Crippen LogP contribution is -2.37. The number of hydrogen-bond donors (Lipinski definition) is 1. The second kappa shape index (κ2) is 11.6. The van der Waals surface area contributed by atoms with Crippen LogP contribution in [0.15, 0.2) is 42.5 Å². The number of rotatable bonds is 10. The molecule has 0 bridgehead atoms. The third kappa shape index (κ3) is 6.89. The number of aryl methyl sites for hydroxylation is 1. The standard InChI is InChI=1S/C25H35N3O3/c1-27(14-6-7-20-12-13-23(30-2)24(17-20)31-3)25(29)26-18-21-8-10-22(11-9-21)19-28-15-4-5-16-28/h8-13,17H,4-7,14-16,18-19H2,1-3H3,(H,26,29). The summed E-state index contributed by atoms with van der Waals surface area (Å²) in [6, 6.07) is 14.5. The Labute approximate surface area is 186 Å². The summed E-state index contributed by atoms with van der Waals surface area (Å²) >= 11 is 0. The quantitative estimate of drug-likeness (QED) is 0.623. The van der Waals surface area contributed by atoms with Crippen LogP contribution in [0.25, 0.3) is 0 Å². The Morgan fingerprint density at radius 3 is 2.29 bits per heavy atom. The molecule has 6 heteroatoms. The largest absolute Gasteiger partial charge is 0.493 e. The molecule has 0 saturated carbocycles. The molecule has 0 spiro atoms. The van der Waals surface area contributed by atoms with Crippen LogP contribution in [-0.2, 0) is 19.5 Å². The Kier molecular flexibility index (Phi) is 8.59. The van der Waals surface area contributed by atoms with Crippen molar-refractivity contribution in [1.82, 2.24) is 15.1 Å². The molecule has 2 aromatic carbocycles. The van der Waals surface area contributed by atoms with Crippen molar-refractivity contribution in [3.05, 3.63) is 59.2 Å². The van der Waals surface area contributed by atoms with E-state index in [1.807, 2.05) is 25.2 Å². The molecular weight excluding hydrogens is 390 g/mol. The third-order valence-electron chi connectivity index (χ3n) is 5.83. The van der Waals surface area contributed by atoms with Gasteiger partial charge < -0.3 is 19.7 Å². The molecule has 0 aliphatic carbocycles. The van der Waals surface area contributed by atoms with Crippen molar-refractivity contribution < 1.29 is 14.3 Å². The fourth-order valence-corrected chi connectivity index (χ4v) is 3.93. The van der Waals surface area contributed by atoms with Gasteiger partial charge in [0.15, 0.2) is 11.5 Å². The topological polar surface area (TPSA) is 54.0 Å². The van der Waals surface area contributed by atoms with Crippen molar-refractivity contribution >= 4 is 6.03 Å². The third-order valence-corrected chi connectivity index (χ3v) is 5.83. The first-order valence-electron chi connectivity index (χ1n) is 11.1. The molecule has 1 aliphatic heterocycles. The van der Waals surface area contributed by atoms with Gasteiger partial charge in [-0.2, -0.15) is 0 Å². The number of urea groups is 1. The summed E-state index contributed by atoms with van der Waals surface area (Å²) in [6.07, 6.45) is 4.37. The van der Waals surface area contributed by atoms with E-state index in [1.54, 1.807) is 19.1 Å². The van der Waals surface area contributed by atoms with Crippen molar-refractivity contribution in [2.45, 2.75) is 38.8 Å². The van der Waals surface area contributed by atoms with Gasteiger partial charge in [0, 0.05) is 26.7 Å². The van der Waals surface area contributed by atoms with E-state index < -0.39 is 0 Å². The Hall–Kier alpha value is -2.73. The van der Waals surface area contributed by atoms with Crippen LogP contribution in [0.4, 0.5) is 4.79 Å². The molecule has 0 atom stereocenters. The molecule has 1 aliphatic rings. The van der Waals surface area contributed by atoms with Crippen molar-refractivity contribution in [1.29, 1.82) is 0 Å². The maximum atomic E-state index is 12.4. The van der Waals surface area contributed by atoms with Crippen LogP contribution in [0.5, 0.6) is 11.5 Å². The van der Waals surface area contributed by atoms with Gasteiger partial charge >= 0.3 is 6.03 Å². The van der Waals surface area contributed by atoms with Crippen LogP contribution in [0.3, 0.4) is 0 Å². The predicted octanol–water partition coefficient (Wildman–Crippen LogP) is 4.07. The van der Waals surface area contributed by atoms with Gasteiger partial charge in [0.25, 0.3) is 0 Å². The van der Waals surface area contributed by atoms with Gasteiger partial charge in [-0.25, -0.2) is 4.79 Å². The lowest BCUT2D eigenvalue weighted by Gasteiger charge is -2.18. The lowest BCUT2D eigenvalue weighted by atomic mass is 10.1. The summed E-state index contributed by atoms with van der Waals surface area (Å²) in [5, 5.41) is 3.01. The maximum Gasteiger partial charge on any atom is 0.317 e. The lowest BCUT2D eigenvalue weighted by molar-refractivity contribution is 0.208. The summed E-state index contributed by atoms with van der Waals surface area (Å²) in [7, 11) is 5.11. The number of nitrogens with one attached hydrogen (secondary N) is 1. The molecule has 31 heavy (non-hydrogen) atoms. The van der Waals surface area contributed by atoms with Gasteiger partial charge in [-0.15, -0.1) is 0 Å². The first kappa shape index (κ1) is 22.9. The van der Waals surface area contributed by atoms with Gasteiger partial charge in [-0.05, 0) is 67.6 Å². The van der Waals surface area contributed by atoms with E-state index in [9.17, 15) is 4.79 Å². The van der Waals surface area contributed by atoms with E-state index in [0.717, 1.165) is 36.4 Å². The normalized spacial score (nSPS) is 13.8. The van der Waals surface area contributed by atoms with Crippen LogP contribution >= 0.6 is 0 Å². The van der Waals surface area contributed by atoms with Crippen LogP contribution in [0.1, 0.15) is 36.0 Å². The minimum atomic E-state index is -0.0477. The summed E-state index contributed by atoms with van der Waals surface area (Å²) in [4.78, 5) is 16.6. The molecule has 2 amide bonds. The number of amides is 2. The number of benzene rings is 2. The number of carbonyl (C=O) groups excluding carboxylic acids is 1. The number of hydrogen-bond acceptors (Lipinski definition) is 4. The molecule has 1 saturated heterocycles. The van der Waals surface area contributed by atoms with E-state index in [2.05, 4.69) is 34.5 Å². The number of nitrogens with zero attached hydrogens (tertiary/aromatic N) is 2. The zero-order valence-corrected chi connectivity index (χ0v) is 19.0. The zero-order valence-electron chi connectivity index (χ0n) is 19.0. The monoisotopic (exact) mass is 425 g/mol. The molecule has 6 nitrogen and oxygen atoms in total. The highest BCUT2D eigenvalue weighted by Gasteiger charge is 2.12. The average molecular weight is 426 g/mol. The Bertz CT molecular complexity index is 832. The second-order valence-corrected chi connectivity index (χ2v) is 8.17. The molecule has 168 valence electrons. The van der Waals surface area contributed by atoms with Crippen molar-refractivity contribution in [3.63, 3.8) is 0 Å². The van der Waals surface area contributed by atoms with E-state index in [-0.39, 0.29) is 6.03 Å². The smallest absolute Gasteiger partial charge is 0.317 e. The van der Waals surface area contributed by atoms with Gasteiger partial charge in [0.05, 0.1) is 14.2 Å². The van der Waals surface area contributed by atoms with Crippen LogP contribution < -0.4 is 14.8 Å². The van der Waals surface area contributed by atoms with Crippen LogP contribution in [-0.4, -0.2) is 56.7 Å². The summed E-state index contributed by atoms with van der Waals surface area (Å²) in [5.74, 6) is 1.46. The highest BCUT2D eigenvalue weighted by atomic mass is 16.5. The van der Waals surface area contributed by atoms with Gasteiger partial charge in [-0.1, -0.05) is 30.3 Å². The van der Waals surface area contributed by atoms with Crippen LogP contribution in [0, 0.1) is 0 Å². The molecule has 1 fully saturated rings. The molecule has 0 aromatic heterocycles. The van der Waals surface area contributed by atoms with E-state index in [0.29, 0.717) is 13.1 Å². The van der Waals surface area contributed by atoms with E-state index >= 15 is 0 Å². The van der Waals surface area contributed by atoms with Gasteiger partial charge in [-0.3, -0.25) is 4.90 Å². The highest BCUT2D eigenvalue weighted by molar-refractivity contribution is 5.73. The Balaban J connectivity index is 1.38. The fraction of sp³-hybridized carbons (Fsp3) is 0.480. The minimum Gasteiger partial charge on any atom is -0.493 e. The minimum absolute atomic E-state index is 0.0477. The Morgan fingerprint density at radius 1 is 0.968 bits per heavy atom. The SMILES string of the molecule is COc1ccc(CCCN(C)C(=O)NCc2ccc(CN3CCCC3)cc2)cc1OC. The summed E-state index contributed by atoms with van der Waals surface area (Å²) < 4.78 is 10.6. The molecule has 1 N–H and O–H groups in total. The summed E-state index contributed by atoms with van der Waals surface area (Å²) in [5.41, 5.74) is 3.63. The molecule has 0 radical (unpaired) electrons. The van der Waals surface area contributed by atoms with Gasteiger partial charge in [0.2, 0.25) is 0 Å². The molecule has 3 rings (SSSR count). The zero-order chi connectivity index (χ0) is 22.1. The highest BCUT2D eigenvalue weighted by Crippen LogP contribution is 2.28. The second-order valence-electron chi connectivity index (χ2n) is 8.17. The first-order chi connectivity index (χ1) is 15.1. The summed E-state index contributed by atoms with van der Waals surface area (Å²) in [6.45, 7) is 4.67. The maximum absolute atomic E-state index is 12.4. The van der Waals surface area contributed by atoms with Crippen molar-refractivity contribution in [2.24, 2.45) is 0 Å². The van der Waals surface area contributed by atoms with Crippen molar-refractivity contribution in [3.8, 4) is 11.5 Å². The fourth-order valence-electron chi connectivity index (χ4n) is 3.93. The van der Waals surface area contributed by atoms with E-state index in [1.165, 1.54) is 37.1 Å². The number of ether oxygens (including phenoxy) is 2. The Morgan fingerprint density at radius 2 is 1.61 bits per heavy atom. The van der Waals surface area contributed by atoms with Crippen molar-refractivity contribution in [2.75, 3.05) is 40.9 Å². The predicted molar refractivity (Wildman–Crippen MR) is 124 cm³/mol. The first-order valence-corrected chi connectivity index (χ1v) is 11.1. The van der Waals surface area contributed by atoms with E-state index in [4.69, 9.17) is 9.47 Å². The number of methoxy groups -OCH3 is 2.